The highest BCUT2D eigenvalue weighted by Gasteiger charge is 2.38. The van der Waals surface area contributed by atoms with Crippen LogP contribution >= 0.6 is 11.3 Å². The normalized spacial score (nSPS) is 15.6. The second kappa shape index (κ2) is 7.65. The van der Waals surface area contributed by atoms with Gasteiger partial charge in [-0.3, -0.25) is 4.79 Å². The molecule has 1 saturated heterocycles. The molecule has 0 atom stereocenters. The van der Waals surface area contributed by atoms with Crippen molar-refractivity contribution in [2.75, 3.05) is 23.3 Å². The summed E-state index contributed by atoms with van der Waals surface area (Å²) in [7, 11) is 0. The molecule has 32 heavy (non-hydrogen) atoms. The van der Waals surface area contributed by atoms with E-state index in [1.807, 2.05) is 4.90 Å². The number of benzene rings is 1. The summed E-state index contributed by atoms with van der Waals surface area (Å²) in [4.78, 5) is 18.8. The lowest BCUT2D eigenvalue weighted by Crippen LogP contribution is -2.38. The number of aromatic nitrogens is 5. The Labute approximate surface area is 181 Å². The van der Waals surface area contributed by atoms with Crippen LogP contribution < -0.4 is 10.2 Å². The number of piperidine rings is 1. The Morgan fingerprint density at radius 2 is 1.91 bits per heavy atom. The molecular weight excluding hydrogens is 450 g/mol. The first-order valence-electron chi connectivity index (χ1n) is 9.69. The van der Waals surface area contributed by atoms with Crippen LogP contribution in [0.5, 0.6) is 0 Å². The van der Waals surface area contributed by atoms with Crippen LogP contribution in [0.1, 0.15) is 18.7 Å². The van der Waals surface area contributed by atoms with Crippen molar-refractivity contribution < 1.29 is 22.4 Å². The third kappa shape index (κ3) is 3.83. The molecular formula is C19H15F4N7OS. The van der Waals surface area contributed by atoms with Crippen molar-refractivity contribution in [1.82, 2.24) is 24.8 Å². The average molecular weight is 465 g/mol. The fraction of sp³-hybridized carbons (Fsp3) is 0.316. The summed E-state index contributed by atoms with van der Waals surface area (Å²) in [6.07, 6.45) is -3.67. The van der Waals surface area contributed by atoms with E-state index in [1.165, 1.54) is 29.5 Å². The summed E-state index contributed by atoms with van der Waals surface area (Å²) in [6, 6.07) is 7.25. The van der Waals surface area contributed by atoms with Crippen LogP contribution in [-0.2, 0) is 11.0 Å². The van der Waals surface area contributed by atoms with Crippen molar-refractivity contribution in [3.05, 3.63) is 42.0 Å². The molecule has 3 aromatic heterocycles. The molecule has 5 rings (SSSR count). The topological polar surface area (TPSA) is 88.3 Å². The van der Waals surface area contributed by atoms with Crippen LogP contribution in [0.4, 0.5) is 28.5 Å². The fourth-order valence-electron chi connectivity index (χ4n) is 3.65. The molecule has 0 bridgehead atoms. The number of thiazole rings is 1. The summed E-state index contributed by atoms with van der Waals surface area (Å²) in [5.74, 6) is -1.66. The Morgan fingerprint density at radius 3 is 2.66 bits per heavy atom. The van der Waals surface area contributed by atoms with Crippen molar-refractivity contribution in [3.8, 4) is 0 Å². The molecule has 8 nitrogen and oxygen atoms in total. The van der Waals surface area contributed by atoms with Gasteiger partial charge in [-0.15, -0.1) is 15.3 Å². The minimum Gasteiger partial charge on any atom is -0.355 e. The molecule has 1 amide bonds. The predicted octanol–water partition coefficient (Wildman–Crippen LogP) is 3.75. The van der Waals surface area contributed by atoms with E-state index in [1.54, 1.807) is 12.1 Å². The molecule has 13 heteroatoms. The highest BCUT2D eigenvalue weighted by molar-refractivity contribution is 7.22. The maximum Gasteiger partial charge on any atom is 0.453 e. The first-order chi connectivity index (χ1) is 15.3. The van der Waals surface area contributed by atoms with Gasteiger partial charge in [0.25, 0.3) is 5.82 Å². The van der Waals surface area contributed by atoms with Gasteiger partial charge in [-0.25, -0.2) is 9.37 Å². The van der Waals surface area contributed by atoms with Gasteiger partial charge in [0, 0.05) is 19.0 Å². The second-order valence-electron chi connectivity index (χ2n) is 7.36. The van der Waals surface area contributed by atoms with Gasteiger partial charge >= 0.3 is 6.18 Å². The van der Waals surface area contributed by atoms with Crippen molar-refractivity contribution in [3.63, 3.8) is 0 Å². The van der Waals surface area contributed by atoms with E-state index in [-0.39, 0.29) is 23.3 Å². The maximum atomic E-state index is 13.3. The summed E-state index contributed by atoms with van der Waals surface area (Å²) >= 11 is 1.20. The monoisotopic (exact) mass is 465 g/mol. The first-order valence-corrected chi connectivity index (χ1v) is 10.5. The van der Waals surface area contributed by atoms with Crippen LogP contribution in [0, 0.1) is 11.7 Å². The lowest BCUT2D eigenvalue weighted by Gasteiger charge is -2.31. The highest BCUT2D eigenvalue weighted by atomic mass is 32.1. The van der Waals surface area contributed by atoms with Gasteiger partial charge in [-0.1, -0.05) is 11.3 Å². The van der Waals surface area contributed by atoms with Crippen LogP contribution in [0.15, 0.2) is 30.3 Å². The zero-order valence-corrected chi connectivity index (χ0v) is 17.1. The number of nitrogens with one attached hydrogen (secondary N) is 1. The molecule has 0 saturated carbocycles. The molecule has 0 aliphatic carbocycles. The van der Waals surface area contributed by atoms with Crippen LogP contribution in [0.2, 0.25) is 0 Å². The Morgan fingerprint density at radius 1 is 1.12 bits per heavy atom. The lowest BCUT2D eigenvalue weighted by molar-refractivity contribution is -0.146. The van der Waals surface area contributed by atoms with Crippen molar-refractivity contribution >= 4 is 44.1 Å². The second-order valence-corrected chi connectivity index (χ2v) is 8.40. The number of rotatable bonds is 3. The number of amides is 1. The average Bonchev–Trinajstić information content (AvgIpc) is 3.36. The van der Waals surface area contributed by atoms with Crippen LogP contribution in [-0.4, -0.2) is 43.8 Å². The number of nitrogens with zero attached hydrogens (tertiary/aromatic N) is 6. The smallest absolute Gasteiger partial charge is 0.355 e. The van der Waals surface area contributed by atoms with Crippen molar-refractivity contribution in [2.45, 2.75) is 19.0 Å². The molecule has 0 radical (unpaired) electrons. The van der Waals surface area contributed by atoms with Gasteiger partial charge in [-0.05, 0) is 43.2 Å². The number of halogens is 4. The van der Waals surface area contributed by atoms with Gasteiger partial charge in [0.2, 0.25) is 5.91 Å². The molecule has 1 aliphatic heterocycles. The van der Waals surface area contributed by atoms with E-state index in [9.17, 15) is 22.4 Å². The minimum atomic E-state index is -4.66. The zero-order chi connectivity index (χ0) is 22.5. The third-order valence-electron chi connectivity index (χ3n) is 5.27. The molecule has 1 aromatic carbocycles. The standard InChI is InChI=1S/C19H15F4N7OS/c20-11-1-2-12-13(9-11)32-18(24-12)25-16(31)10-5-7-29(8-6-10)15-4-3-14-26-27-17(19(21,22)23)30(14)28-15/h1-4,9-10H,5-8H2,(H,24,25,31). The molecule has 0 unspecified atom stereocenters. The van der Waals surface area contributed by atoms with Gasteiger partial charge in [0.15, 0.2) is 10.8 Å². The van der Waals surface area contributed by atoms with E-state index in [0.29, 0.717) is 51.6 Å². The van der Waals surface area contributed by atoms with Crippen molar-refractivity contribution in [2.24, 2.45) is 5.92 Å². The summed E-state index contributed by atoms with van der Waals surface area (Å²) in [6.45, 7) is 0.899. The summed E-state index contributed by atoms with van der Waals surface area (Å²) in [5.41, 5.74) is 0.612. The Hall–Kier alpha value is -3.35. The maximum absolute atomic E-state index is 13.3. The quantitative estimate of drug-likeness (QED) is 0.464. The zero-order valence-electron chi connectivity index (χ0n) is 16.3. The van der Waals surface area contributed by atoms with Gasteiger partial charge in [0.05, 0.1) is 10.2 Å². The molecule has 166 valence electrons. The summed E-state index contributed by atoms with van der Waals surface area (Å²) < 4.78 is 53.9. The number of anilines is 2. The third-order valence-corrected chi connectivity index (χ3v) is 6.21. The van der Waals surface area contributed by atoms with Gasteiger partial charge < -0.3 is 10.2 Å². The first kappa shape index (κ1) is 20.5. The van der Waals surface area contributed by atoms with Crippen LogP contribution in [0.3, 0.4) is 0 Å². The largest absolute Gasteiger partial charge is 0.453 e. The number of fused-ring (bicyclic) bond motifs is 2. The van der Waals surface area contributed by atoms with E-state index in [4.69, 9.17) is 0 Å². The highest BCUT2D eigenvalue weighted by Crippen LogP contribution is 2.30. The van der Waals surface area contributed by atoms with E-state index >= 15 is 0 Å². The SMILES string of the molecule is O=C(Nc1nc2ccc(F)cc2s1)C1CCN(c2ccc3nnc(C(F)(F)F)n3n2)CC1. The number of carbonyl (C=O) groups is 1. The fourth-order valence-corrected chi connectivity index (χ4v) is 4.55. The Kier molecular flexibility index (Phi) is 4.92. The number of hydrogen-bond donors (Lipinski definition) is 1. The Bertz CT molecular complexity index is 1310. The molecule has 1 fully saturated rings. The molecule has 4 heterocycles. The minimum absolute atomic E-state index is 0.00561. The van der Waals surface area contributed by atoms with Crippen molar-refractivity contribution in [1.29, 1.82) is 0 Å². The number of alkyl halides is 3. The van der Waals surface area contributed by atoms with E-state index in [2.05, 4.69) is 25.6 Å². The number of hydrogen-bond acceptors (Lipinski definition) is 7. The van der Waals surface area contributed by atoms with E-state index < -0.39 is 12.0 Å². The molecule has 0 spiro atoms. The summed E-state index contributed by atoms with van der Waals surface area (Å²) in [5, 5.41) is 13.9. The Balaban J connectivity index is 1.25. The van der Waals surface area contributed by atoms with E-state index in [0.717, 1.165) is 0 Å². The lowest BCUT2D eigenvalue weighted by atomic mass is 9.96. The van der Waals surface area contributed by atoms with Gasteiger partial charge in [-0.2, -0.15) is 17.7 Å². The number of carbonyl (C=O) groups excluding carboxylic acids is 1. The molecule has 1 aliphatic rings. The molecule has 1 N–H and O–H groups in total. The van der Waals surface area contributed by atoms with Gasteiger partial charge in [0.1, 0.15) is 11.6 Å². The van der Waals surface area contributed by atoms with Crippen LogP contribution in [0.25, 0.3) is 15.9 Å². The molecule has 4 aromatic rings. The predicted molar refractivity (Wildman–Crippen MR) is 109 cm³/mol.